The van der Waals surface area contributed by atoms with Crippen LogP contribution < -0.4 is 9.44 Å². The molecule has 3 rings (SSSR count). The number of anilines is 2. The first-order valence-electron chi connectivity index (χ1n) is 8.53. The van der Waals surface area contributed by atoms with Gasteiger partial charge in [0.25, 0.3) is 20.0 Å². The number of sulfonamides is 2. The van der Waals surface area contributed by atoms with E-state index in [9.17, 15) is 16.8 Å². The first kappa shape index (κ1) is 21.6. The molecule has 2 N–H and O–H groups in total. The lowest BCUT2D eigenvalue weighted by Crippen LogP contribution is -2.16. The van der Waals surface area contributed by atoms with E-state index in [1.54, 1.807) is 19.1 Å². The van der Waals surface area contributed by atoms with Crippen molar-refractivity contribution in [2.24, 2.45) is 0 Å². The Morgan fingerprint density at radius 1 is 0.833 bits per heavy atom. The Balaban J connectivity index is 1.93. The lowest BCUT2D eigenvalue weighted by molar-refractivity contribution is 0.598. The Morgan fingerprint density at radius 3 is 2.13 bits per heavy atom. The van der Waals surface area contributed by atoms with Gasteiger partial charge in [-0.05, 0) is 67.1 Å². The van der Waals surface area contributed by atoms with Gasteiger partial charge in [0.15, 0.2) is 0 Å². The summed E-state index contributed by atoms with van der Waals surface area (Å²) in [6.45, 7) is 1.65. The smallest absolute Gasteiger partial charge is 0.261 e. The number of hydrogen-bond donors (Lipinski definition) is 2. The van der Waals surface area contributed by atoms with Crippen LogP contribution in [0.4, 0.5) is 11.4 Å². The Kier molecular flexibility index (Phi) is 6.03. The average Bonchev–Trinajstić information content (AvgIpc) is 2.71. The summed E-state index contributed by atoms with van der Waals surface area (Å²) >= 11 is 5.81. The van der Waals surface area contributed by atoms with Crippen LogP contribution >= 0.6 is 11.6 Å². The van der Waals surface area contributed by atoms with E-state index in [4.69, 9.17) is 16.9 Å². The van der Waals surface area contributed by atoms with Crippen LogP contribution in [-0.4, -0.2) is 16.8 Å². The minimum absolute atomic E-state index is 0.103. The molecular weight excluding hydrogens is 446 g/mol. The summed E-state index contributed by atoms with van der Waals surface area (Å²) in [5.41, 5.74) is 1.14. The van der Waals surface area contributed by atoms with E-state index < -0.39 is 20.0 Å². The van der Waals surface area contributed by atoms with Crippen molar-refractivity contribution in [1.29, 1.82) is 5.26 Å². The summed E-state index contributed by atoms with van der Waals surface area (Å²) in [6.07, 6.45) is 0. The molecule has 3 aromatic rings. The fourth-order valence-electron chi connectivity index (χ4n) is 2.55. The Morgan fingerprint density at radius 2 is 1.47 bits per heavy atom. The third-order valence-corrected chi connectivity index (χ3v) is 7.13. The molecule has 0 heterocycles. The predicted octanol–water partition coefficient (Wildman–Crippen LogP) is 4.12. The van der Waals surface area contributed by atoms with Gasteiger partial charge < -0.3 is 0 Å². The quantitative estimate of drug-likeness (QED) is 0.572. The van der Waals surface area contributed by atoms with Gasteiger partial charge in [0.1, 0.15) is 0 Å². The van der Waals surface area contributed by atoms with E-state index in [1.165, 1.54) is 54.6 Å². The van der Waals surface area contributed by atoms with Crippen LogP contribution in [0.15, 0.2) is 76.5 Å². The van der Waals surface area contributed by atoms with Gasteiger partial charge in [0, 0.05) is 10.7 Å². The number of rotatable bonds is 6. The lowest BCUT2D eigenvalue weighted by Gasteiger charge is -2.14. The number of aryl methyl sites for hydroxylation is 1. The Hall–Kier alpha value is -3.06. The van der Waals surface area contributed by atoms with Crippen LogP contribution in [0.2, 0.25) is 5.02 Å². The van der Waals surface area contributed by atoms with Crippen LogP contribution in [0.3, 0.4) is 0 Å². The van der Waals surface area contributed by atoms with E-state index in [0.717, 1.165) is 0 Å². The summed E-state index contributed by atoms with van der Waals surface area (Å²) in [7, 11) is -7.99. The maximum absolute atomic E-state index is 12.7. The molecule has 3 aromatic carbocycles. The summed E-state index contributed by atoms with van der Waals surface area (Å²) in [6, 6.07) is 17.6. The number of benzene rings is 3. The van der Waals surface area contributed by atoms with Gasteiger partial charge in [-0.3, -0.25) is 9.44 Å². The second kappa shape index (κ2) is 8.36. The molecule has 0 aliphatic heterocycles. The standard InChI is InChI=1S/C20H16ClN3O4S2/c1-14-5-10-19(29(25,26)23-17-8-6-16(21)7-9-17)12-20(14)24-30(27,28)18-4-2-3-15(11-18)13-22/h2-12,23-24H,1H3. The maximum Gasteiger partial charge on any atom is 0.261 e. The maximum atomic E-state index is 12.7. The normalized spacial score (nSPS) is 11.5. The molecule has 0 unspecified atom stereocenters. The highest BCUT2D eigenvalue weighted by atomic mass is 35.5. The number of nitrogens with one attached hydrogen (secondary N) is 2. The molecule has 0 saturated heterocycles. The molecular formula is C20H16ClN3O4S2. The highest BCUT2D eigenvalue weighted by Gasteiger charge is 2.20. The lowest BCUT2D eigenvalue weighted by atomic mass is 10.2. The fraction of sp³-hybridized carbons (Fsp3) is 0.0500. The molecule has 0 aliphatic carbocycles. The molecule has 10 heteroatoms. The molecule has 0 spiro atoms. The largest absolute Gasteiger partial charge is 0.280 e. The van der Waals surface area contributed by atoms with Crippen molar-refractivity contribution in [2.45, 2.75) is 16.7 Å². The molecule has 7 nitrogen and oxygen atoms in total. The zero-order valence-corrected chi connectivity index (χ0v) is 18.0. The van der Waals surface area contributed by atoms with Gasteiger partial charge in [-0.25, -0.2) is 16.8 Å². The van der Waals surface area contributed by atoms with Crippen molar-refractivity contribution in [1.82, 2.24) is 0 Å². The SMILES string of the molecule is Cc1ccc(S(=O)(=O)Nc2ccc(Cl)cc2)cc1NS(=O)(=O)c1cccc(C#N)c1. The summed E-state index contributed by atoms with van der Waals surface area (Å²) < 4.78 is 55.6. The molecule has 0 aliphatic rings. The first-order valence-corrected chi connectivity index (χ1v) is 11.9. The van der Waals surface area contributed by atoms with Crippen LogP contribution in [0, 0.1) is 18.3 Å². The van der Waals surface area contributed by atoms with Crippen molar-refractivity contribution in [3.8, 4) is 6.07 Å². The fourth-order valence-corrected chi connectivity index (χ4v) is 4.92. The molecule has 0 atom stereocenters. The second-order valence-electron chi connectivity index (χ2n) is 6.33. The summed E-state index contributed by atoms with van der Waals surface area (Å²) in [5, 5.41) is 9.44. The van der Waals surface area contributed by atoms with Crippen LogP contribution in [0.25, 0.3) is 0 Å². The highest BCUT2D eigenvalue weighted by Crippen LogP contribution is 2.25. The predicted molar refractivity (Wildman–Crippen MR) is 115 cm³/mol. The highest BCUT2D eigenvalue weighted by molar-refractivity contribution is 7.93. The zero-order valence-electron chi connectivity index (χ0n) is 15.6. The van der Waals surface area contributed by atoms with Crippen LogP contribution in [0.1, 0.15) is 11.1 Å². The summed E-state index contributed by atoms with van der Waals surface area (Å²) in [4.78, 5) is -0.222. The number of hydrogen-bond acceptors (Lipinski definition) is 5. The Bertz CT molecular complexity index is 1350. The van der Waals surface area contributed by atoms with Crippen LogP contribution in [-0.2, 0) is 20.0 Å². The minimum Gasteiger partial charge on any atom is -0.280 e. The number of nitriles is 1. The molecule has 0 fully saturated rings. The molecule has 0 aromatic heterocycles. The summed E-state index contributed by atoms with van der Waals surface area (Å²) in [5.74, 6) is 0. The molecule has 0 amide bonds. The van der Waals surface area contributed by atoms with Gasteiger partial charge in [0.05, 0.1) is 27.1 Å². The molecule has 0 bridgehead atoms. The van der Waals surface area contributed by atoms with Crippen molar-refractivity contribution >= 4 is 43.0 Å². The van der Waals surface area contributed by atoms with E-state index in [0.29, 0.717) is 16.3 Å². The monoisotopic (exact) mass is 461 g/mol. The van der Waals surface area contributed by atoms with Crippen molar-refractivity contribution in [3.63, 3.8) is 0 Å². The Labute approximate surface area is 180 Å². The van der Waals surface area contributed by atoms with Crippen molar-refractivity contribution in [3.05, 3.63) is 82.9 Å². The number of nitrogens with zero attached hydrogens (tertiary/aromatic N) is 1. The average molecular weight is 462 g/mol. The number of halogens is 1. The van der Waals surface area contributed by atoms with E-state index >= 15 is 0 Å². The third-order valence-electron chi connectivity index (χ3n) is 4.13. The molecule has 154 valence electrons. The topological polar surface area (TPSA) is 116 Å². The van der Waals surface area contributed by atoms with Gasteiger partial charge in [-0.1, -0.05) is 23.7 Å². The molecule has 0 saturated carbocycles. The third kappa shape index (κ3) is 4.91. The first-order chi connectivity index (χ1) is 14.1. The molecule has 0 radical (unpaired) electrons. The second-order valence-corrected chi connectivity index (χ2v) is 10.1. The van der Waals surface area contributed by atoms with Gasteiger partial charge in [-0.15, -0.1) is 0 Å². The van der Waals surface area contributed by atoms with Gasteiger partial charge in [0.2, 0.25) is 0 Å². The van der Waals surface area contributed by atoms with Gasteiger partial charge >= 0.3 is 0 Å². The van der Waals surface area contributed by atoms with Crippen molar-refractivity contribution < 1.29 is 16.8 Å². The van der Waals surface area contributed by atoms with Gasteiger partial charge in [-0.2, -0.15) is 5.26 Å². The van der Waals surface area contributed by atoms with Crippen molar-refractivity contribution in [2.75, 3.05) is 9.44 Å². The zero-order chi connectivity index (χ0) is 21.9. The van der Waals surface area contributed by atoms with Crippen LogP contribution in [0.5, 0.6) is 0 Å². The van der Waals surface area contributed by atoms with E-state index in [2.05, 4.69) is 9.44 Å². The van der Waals surface area contributed by atoms with E-state index in [-0.39, 0.29) is 21.0 Å². The minimum atomic E-state index is -4.03. The van der Waals surface area contributed by atoms with E-state index in [1.807, 2.05) is 6.07 Å². The molecule has 30 heavy (non-hydrogen) atoms.